The molecule has 3 saturated heterocycles. The Bertz CT molecular complexity index is 5000. The van der Waals surface area contributed by atoms with Crippen molar-refractivity contribution in [3.63, 3.8) is 0 Å². The van der Waals surface area contributed by atoms with E-state index in [9.17, 15) is 34.0 Å². The van der Waals surface area contributed by atoms with Gasteiger partial charge in [-0.3, -0.25) is 47.1 Å². The highest BCUT2D eigenvalue weighted by molar-refractivity contribution is 7.49. The van der Waals surface area contributed by atoms with Gasteiger partial charge in [0, 0.05) is 77.6 Å². The third-order valence-corrected chi connectivity index (χ3v) is 23.9. The van der Waals surface area contributed by atoms with Crippen LogP contribution in [-0.2, 0) is 47.2 Å². The van der Waals surface area contributed by atoms with Crippen LogP contribution in [0.25, 0.3) is 0 Å². The number of H-pyrrole nitrogens is 2. The van der Waals surface area contributed by atoms with Gasteiger partial charge in [0.25, 0.3) is 25.6 Å². The van der Waals surface area contributed by atoms with Crippen LogP contribution < -0.4 is 47.5 Å². The minimum atomic E-state index is -5.20. The Morgan fingerprint density at radius 2 is 1.27 bits per heavy atom. The van der Waals surface area contributed by atoms with Crippen molar-refractivity contribution >= 4 is 51.3 Å². The molecule has 5 aromatic carbocycles. The fourth-order valence-corrected chi connectivity index (χ4v) is 17.9. The zero-order valence-electron chi connectivity index (χ0n) is 61.4. The number of halogens is 2. The van der Waals surface area contributed by atoms with Crippen LogP contribution in [0.2, 0.25) is 5.02 Å². The van der Waals surface area contributed by atoms with E-state index in [0.717, 1.165) is 5.56 Å². The Hall–Kier alpha value is -8.94. The summed E-state index contributed by atoms with van der Waals surface area (Å²) >= 11 is 14.3. The Morgan fingerprint density at radius 3 is 1.85 bits per heavy atom. The number of ether oxygens (including phenoxy) is 6. The largest absolute Gasteiger partial charge is 0.530 e. The van der Waals surface area contributed by atoms with E-state index in [4.69, 9.17) is 74.2 Å². The van der Waals surface area contributed by atoms with E-state index in [1.165, 1.54) is 64.3 Å². The smallest absolute Gasteiger partial charge is 0.497 e. The molecule has 27 nitrogen and oxygen atoms in total. The highest BCUT2D eigenvalue weighted by atomic mass is 35.5. The van der Waals surface area contributed by atoms with Crippen LogP contribution in [0.4, 0.5) is 5.82 Å². The van der Waals surface area contributed by atoms with Gasteiger partial charge in [-0.2, -0.15) is 10.2 Å². The summed E-state index contributed by atoms with van der Waals surface area (Å²) in [7, 11) is -4.02. The number of amides is 1. The number of phosphoric acid groups is 1. The lowest BCUT2D eigenvalue weighted by atomic mass is 9.77. The zero-order chi connectivity index (χ0) is 77.4. The van der Waals surface area contributed by atoms with E-state index >= 15 is 4.57 Å². The number of nitrogens with one attached hydrogen (secondary N) is 3. The third-order valence-electron chi connectivity index (χ3n) is 19.6. The van der Waals surface area contributed by atoms with Crippen molar-refractivity contribution in [3.8, 4) is 23.3 Å². The van der Waals surface area contributed by atoms with Crippen LogP contribution in [0.5, 0.6) is 17.2 Å². The number of allylic oxidation sites excluding steroid dienone is 1. The van der Waals surface area contributed by atoms with Gasteiger partial charge in [-0.25, -0.2) is 23.6 Å². The normalized spacial score (nSPS) is 21.8. The van der Waals surface area contributed by atoms with Crippen molar-refractivity contribution in [1.29, 1.82) is 5.26 Å². The Balaban J connectivity index is 0.985. The number of aromatic amines is 2. The summed E-state index contributed by atoms with van der Waals surface area (Å²) in [6, 6.07) is 42.8. The molecule has 0 bridgehead atoms. The summed E-state index contributed by atoms with van der Waals surface area (Å²) in [5.74, 6) is -0.128. The molecule has 3 aliphatic heterocycles. The molecule has 11 atom stereocenters. The number of benzene rings is 5. The predicted octanol–water partition coefficient (Wildman–Crippen LogP) is 13.2. The SMILES string of the molecule is COc1ccc(C(OC[C@@H]2O[C@@H](n3ccc(NC(=O)c4ccccc4)nc3=O)C[C@H]2C2=C([C@H]3O[C@@H](n4cc(C)c(=O)[nH]c4=O)C[C@@H]3OP(=O)(OC[C@H]3OC(n4cc(C)c(=O)[nH]c4=O)CC3OP(OCCC#N)N(C(C)C)C(C)C)Oc3ccccc3Cl)C(C)=C(Cl)CC2)(c2ccccc2)c2ccc(OC)cc2)cc1. The lowest BCUT2D eigenvalue weighted by molar-refractivity contribution is -0.0829. The number of phosphoric ester groups is 1. The lowest BCUT2D eigenvalue weighted by Gasteiger charge is -2.38. The standard InChI is InChI=1S/C78H85Cl2N9O18P2/c1-46(2)89(47(3)4)108(100-38-18-36-81)105-62-40-68(87-42-48(5)72(90)84-76(87)94)103-65(62)45-101-109(96,106-61-24-17-16-23-60(61)80)107-63-41-69(88-43-49(6)73(91)85-77(88)95)104-71(63)70-50(7)59(79)34-33-57(70)58-39-67(86-37-35-66(83-75(86)93)82-74(92)51-19-12-10-13-20-51)102-64(58)44-99-78(52-21-14-11-15-22-52,53-25-29-55(97-8)30-26-53)54-27-31-56(98-9)32-28-54/h10-17,19-32,35,37,42-43,46-47,58,62-65,67-69,71H,18,33-34,38-41,44-45H2,1-9H3,(H,84,90,94)(H,85,91,95)(H,82,83,92,93)/t58-,62?,63-,64-,65+,67+,68?,69+,71-,108?,109?/m0/s1. The monoisotopic (exact) mass is 1570 g/mol. The van der Waals surface area contributed by atoms with Crippen molar-refractivity contribution in [2.75, 3.05) is 39.4 Å². The second-order valence-corrected chi connectivity index (χ2v) is 31.1. The van der Waals surface area contributed by atoms with Crippen LogP contribution in [0, 0.1) is 31.1 Å². The quantitative estimate of drug-likeness (QED) is 0.0214. The highest BCUT2D eigenvalue weighted by Gasteiger charge is 2.52. The zero-order valence-corrected chi connectivity index (χ0v) is 64.7. The average molecular weight is 1570 g/mol. The number of nitriles is 1. The molecule has 12 rings (SSSR count). The van der Waals surface area contributed by atoms with Crippen LogP contribution in [-0.4, -0.2) is 116 Å². The van der Waals surface area contributed by atoms with Gasteiger partial charge in [0.2, 0.25) is 0 Å². The summed E-state index contributed by atoms with van der Waals surface area (Å²) < 4.78 is 95.7. The average Bonchev–Trinajstić information content (AvgIpc) is 1.72. The number of hydrogen-bond acceptors (Lipinski definition) is 21. The first-order chi connectivity index (χ1) is 52.4. The summed E-state index contributed by atoms with van der Waals surface area (Å²) in [6.45, 7) is 11.9. The summed E-state index contributed by atoms with van der Waals surface area (Å²) in [5, 5.41) is 12.8. The van der Waals surface area contributed by atoms with Gasteiger partial charge in [0.1, 0.15) is 65.7 Å². The number of para-hydroxylation sites is 1. The number of aromatic nitrogens is 6. The van der Waals surface area contributed by atoms with Gasteiger partial charge in [-0.05, 0) is 144 Å². The van der Waals surface area contributed by atoms with E-state index in [1.807, 2.05) is 118 Å². The second-order valence-electron chi connectivity index (χ2n) is 27.2. The Kier molecular flexibility index (Phi) is 25.5. The molecule has 0 radical (unpaired) electrons. The molecule has 3 N–H and O–H groups in total. The number of carbonyl (C=O) groups is 1. The van der Waals surface area contributed by atoms with Crippen LogP contribution in [0.3, 0.4) is 0 Å². The van der Waals surface area contributed by atoms with Crippen LogP contribution in [0.15, 0.2) is 204 Å². The molecule has 1 amide bonds. The molecule has 3 aromatic heterocycles. The molecule has 1 aliphatic carbocycles. The number of methoxy groups -OCH3 is 2. The molecule has 8 aromatic rings. The van der Waals surface area contributed by atoms with Crippen molar-refractivity contribution < 1.29 is 60.4 Å². The van der Waals surface area contributed by atoms with Gasteiger partial charge < -0.3 is 47.3 Å². The van der Waals surface area contributed by atoms with Crippen LogP contribution >= 0.6 is 39.6 Å². The van der Waals surface area contributed by atoms with Crippen molar-refractivity contribution in [2.24, 2.45) is 5.92 Å². The Morgan fingerprint density at radius 1 is 0.706 bits per heavy atom. The first-order valence-corrected chi connectivity index (χ1v) is 39.0. The molecule has 3 fully saturated rings. The van der Waals surface area contributed by atoms with Crippen molar-refractivity contribution in [3.05, 3.63) is 270 Å². The molecule has 31 heteroatoms. The number of nitrogens with zero attached hydrogens (tertiary/aromatic N) is 6. The first-order valence-electron chi connectivity index (χ1n) is 35.6. The maximum atomic E-state index is 16.6. The molecule has 4 aliphatic rings. The second kappa shape index (κ2) is 35.0. The van der Waals surface area contributed by atoms with Gasteiger partial charge in [-0.1, -0.05) is 114 Å². The van der Waals surface area contributed by atoms with Gasteiger partial charge in [0.05, 0.1) is 63.8 Å². The van der Waals surface area contributed by atoms with E-state index < -0.39 is 118 Å². The fraction of sp³-hybridized carbons (Fsp3) is 0.385. The predicted molar refractivity (Wildman–Crippen MR) is 408 cm³/mol. The van der Waals surface area contributed by atoms with E-state index in [-0.39, 0.29) is 85.1 Å². The lowest BCUT2D eigenvalue weighted by Crippen LogP contribution is -2.38. The Labute approximate surface area is 639 Å². The van der Waals surface area contributed by atoms with Crippen molar-refractivity contribution in [1.82, 2.24) is 33.3 Å². The number of rotatable bonds is 30. The molecular formula is C78H85Cl2N9O18P2. The summed E-state index contributed by atoms with van der Waals surface area (Å²) in [5.41, 5.74) is -0.416. The van der Waals surface area contributed by atoms with Crippen molar-refractivity contribution in [2.45, 2.75) is 154 Å². The molecule has 6 heterocycles. The number of carbonyl (C=O) groups excluding carboxylic acids is 1. The molecular weight excluding hydrogens is 1480 g/mol. The van der Waals surface area contributed by atoms with E-state index in [1.54, 1.807) is 56.7 Å². The first kappa shape index (κ1) is 79.6. The highest BCUT2D eigenvalue weighted by Crippen LogP contribution is 2.58. The van der Waals surface area contributed by atoms with Gasteiger partial charge in [-0.15, -0.1) is 0 Å². The van der Waals surface area contributed by atoms with E-state index in [2.05, 4.69) is 26.3 Å². The summed E-state index contributed by atoms with van der Waals surface area (Å²) in [6.07, 6.45) is -4.76. The molecule has 0 spiro atoms. The minimum Gasteiger partial charge on any atom is -0.497 e. The number of hydrogen-bond donors (Lipinski definition) is 3. The molecule has 0 saturated carbocycles. The maximum absolute atomic E-state index is 16.6. The fourth-order valence-electron chi connectivity index (χ4n) is 14.3. The summed E-state index contributed by atoms with van der Waals surface area (Å²) in [4.78, 5) is 90.8. The molecule has 4 unspecified atom stereocenters. The van der Waals surface area contributed by atoms with E-state index in [0.29, 0.717) is 56.4 Å². The van der Waals surface area contributed by atoms with Gasteiger partial charge >= 0.3 is 24.9 Å². The third kappa shape index (κ3) is 17.8. The molecule has 574 valence electrons. The minimum absolute atomic E-state index is 0.00266. The number of aryl methyl sites for hydroxylation is 2. The van der Waals surface area contributed by atoms with Gasteiger partial charge in [0.15, 0.2) is 0 Å². The van der Waals surface area contributed by atoms with Crippen LogP contribution in [0.1, 0.15) is 130 Å². The number of anilines is 1. The topological polar surface area (TPSA) is 319 Å². The maximum Gasteiger partial charge on any atom is 0.530 e. The molecule has 109 heavy (non-hydrogen) atoms.